The summed E-state index contributed by atoms with van der Waals surface area (Å²) in [5.41, 5.74) is 8.06. The second-order valence-corrected chi connectivity index (χ2v) is 9.12. The van der Waals surface area contributed by atoms with E-state index in [0.717, 1.165) is 11.1 Å². The monoisotopic (exact) mass is 475 g/mol. The van der Waals surface area contributed by atoms with Crippen LogP contribution in [0.3, 0.4) is 0 Å². The van der Waals surface area contributed by atoms with Gasteiger partial charge in [0.2, 0.25) is 0 Å². The lowest BCUT2D eigenvalue weighted by Crippen LogP contribution is -2.40. The normalized spacial score (nSPS) is 11.2. The number of hydrazine groups is 1. The maximum atomic E-state index is 12.5. The fourth-order valence-corrected chi connectivity index (χ4v) is 3.13. The van der Waals surface area contributed by atoms with Gasteiger partial charge in [0.1, 0.15) is 0 Å². The lowest BCUT2D eigenvalue weighted by atomic mass is 9.87. The minimum Gasteiger partial charge on any atom is -0.322 e. The summed E-state index contributed by atoms with van der Waals surface area (Å²) in [5.74, 6) is -1.20. The van der Waals surface area contributed by atoms with Crippen LogP contribution >= 0.6 is 11.6 Å². The lowest BCUT2D eigenvalue weighted by Gasteiger charge is -2.19. The van der Waals surface area contributed by atoms with Crippen LogP contribution < -0.4 is 16.2 Å². The Bertz CT molecular complexity index is 1190. The van der Waals surface area contributed by atoms with Crippen LogP contribution in [0.1, 0.15) is 52.6 Å². The van der Waals surface area contributed by atoms with Crippen molar-refractivity contribution in [1.82, 2.24) is 10.9 Å². The van der Waals surface area contributed by atoms with Gasteiger partial charge in [-0.15, -0.1) is 0 Å². The Balaban J connectivity index is 1.51. The van der Waals surface area contributed by atoms with Gasteiger partial charge in [0.15, 0.2) is 0 Å². The summed E-state index contributed by atoms with van der Waals surface area (Å²) in [7, 11) is 0. The number of anilines is 1. The molecule has 0 atom stereocenters. The van der Waals surface area contributed by atoms with Crippen LogP contribution in [0.2, 0.25) is 5.02 Å². The van der Waals surface area contributed by atoms with E-state index in [0.29, 0.717) is 21.8 Å². The van der Waals surface area contributed by atoms with Crippen LogP contribution in [0.5, 0.6) is 0 Å². The molecule has 7 heteroatoms. The van der Waals surface area contributed by atoms with Crippen LogP contribution in [0.15, 0.2) is 78.9 Å². The van der Waals surface area contributed by atoms with E-state index in [-0.39, 0.29) is 11.3 Å². The maximum Gasteiger partial charge on any atom is 0.269 e. The summed E-state index contributed by atoms with van der Waals surface area (Å²) in [4.78, 5) is 36.7. The first kappa shape index (κ1) is 24.7. The number of carbonyl (C=O) groups excluding carboxylic acids is 3. The average molecular weight is 476 g/mol. The van der Waals surface area contributed by atoms with E-state index in [1.165, 1.54) is 6.08 Å². The van der Waals surface area contributed by atoms with Gasteiger partial charge in [-0.2, -0.15) is 0 Å². The largest absolute Gasteiger partial charge is 0.322 e. The van der Waals surface area contributed by atoms with Gasteiger partial charge in [-0.25, -0.2) is 0 Å². The van der Waals surface area contributed by atoms with Crippen molar-refractivity contribution in [1.29, 1.82) is 0 Å². The summed E-state index contributed by atoms with van der Waals surface area (Å²) in [5, 5.41) is 3.42. The van der Waals surface area contributed by atoms with E-state index in [1.807, 2.05) is 12.1 Å². The molecule has 6 nitrogen and oxygen atoms in total. The van der Waals surface area contributed by atoms with Crippen molar-refractivity contribution in [2.24, 2.45) is 0 Å². The second kappa shape index (κ2) is 10.8. The highest BCUT2D eigenvalue weighted by Gasteiger charge is 2.14. The first-order valence-corrected chi connectivity index (χ1v) is 11.1. The Morgan fingerprint density at radius 3 is 1.88 bits per heavy atom. The van der Waals surface area contributed by atoms with Crippen LogP contribution in [0, 0.1) is 0 Å². The zero-order valence-corrected chi connectivity index (χ0v) is 19.9. The van der Waals surface area contributed by atoms with Crippen LogP contribution in [-0.4, -0.2) is 17.7 Å². The molecule has 3 aromatic carbocycles. The number of benzene rings is 3. The standard InChI is InChI=1S/C27H26ClN3O3/c1-27(2,3)21-11-7-19(8-12-21)25(33)29-23-15-9-20(10-16-23)26(34)31-30-24(32)17-6-18-4-13-22(28)14-5-18/h4-17H,1-3H3,(H,29,33)(H,30,32)(H,31,34)/b17-6+. The molecule has 0 saturated carbocycles. The van der Waals surface area contributed by atoms with E-state index < -0.39 is 11.8 Å². The molecule has 0 bridgehead atoms. The first-order valence-electron chi connectivity index (χ1n) is 10.7. The highest BCUT2D eigenvalue weighted by Crippen LogP contribution is 2.22. The quantitative estimate of drug-likeness (QED) is 0.342. The molecule has 0 saturated heterocycles. The maximum absolute atomic E-state index is 12.5. The van der Waals surface area contributed by atoms with Crippen LogP contribution in [0.4, 0.5) is 5.69 Å². The van der Waals surface area contributed by atoms with Crippen molar-refractivity contribution in [3.8, 4) is 0 Å². The third-order valence-electron chi connectivity index (χ3n) is 5.01. The Kier molecular flexibility index (Phi) is 7.87. The van der Waals surface area contributed by atoms with E-state index >= 15 is 0 Å². The molecule has 3 N–H and O–H groups in total. The zero-order valence-electron chi connectivity index (χ0n) is 19.2. The Labute approximate surface area is 204 Å². The highest BCUT2D eigenvalue weighted by atomic mass is 35.5. The van der Waals surface area contributed by atoms with Gasteiger partial charge in [0, 0.05) is 27.9 Å². The van der Waals surface area contributed by atoms with Crippen molar-refractivity contribution < 1.29 is 14.4 Å². The molecule has 0 aliphatic rings. The third-order valence-corrected chi connectivity index (χ3v) is 5.27. The fourth-order valence-electron chi connectivity index (χ4n) is 3.01. The number of hydrogen-bond donors (Lipinski definition) is 3. The molecule has 0 aromatic heterocycles. The number of halogens is 1. The molecule has 3 amide bonds. The van der Waals surface area contributed by atoms with Crippen LogP contribution in [0.25, 0.3) is 6.08 Å². The SMILES string of the molecule is CC(C)(C)c1ccc(C(=O)Nc2ccc(C(=O)NNC(=O)/C=C/c3ccc(Cl)cc3)cc2)cc1. The number of hydrogen-bond acceptors (Lipinski definition) is 3. The molecule has 3 aromatic rings. The van der Waals surface area contributed by atoms with Crippen molar-refractivity contribution >= 4 is 41.1 Å². The molecule has 0 spiro atoms. The number of rotatable bonds is 5. The van der Waals surface area contributed by atoms with E-state index in [4.69, 9.17) is 11.6 Å². The Hall–Kier alpha value is -3.90. The Morgan fingerprint density at radius 1 is 0.735 bits per heavy atom. The molecule has 0 unspecified atom stereocenters. The molecule has 0 heterocycles. The molecule has 0 radical (unpaired) electrons. The van der Waals surface area contributed by atoms with Crippen LogP contribution in [-0.2, 0) is 10.2 Å². The highest BCUT2D eigenvalue weighted by molar-refractivity contribution is 6.30. The van der Waals surface area contributed by atoms with Crippen molar-refractivity contribution in [3.63, 3.8) is 0 Å². The smallest absolute Gasteiger partial charge is 0.269 e. The van der Waals surface area contributed by atoms with E-state index in [9.17, 15) is 14.4 Å². The minimum atomic E-state index is -0.483. The molecule has 0 fully saturated rings. The summed E-state index contributed by atoms with van der Waals surface area (Å²) >= 11 is 5.83. The van der Waals surface area contributed by atoms with Gasteiger partial charge in [-0.05, 0) is 71.1 Å². The third kappa shape index (κ3) is 7.05. The van der Waals surface area contributed by atoms with E-state index in [1.54, 1.807) is 66.7 Å². The van der Waals surface area contributed by atoms with Gasteiger partial charge in [0.25, 0.3) is 17.7 Å². The van der Waals surface area contributed by atoms with Gasteiger partial charge in [-0.1, -0.05) is 56.6 Å². The van der Waals surface area contributed by atoms with E-state index in [2.05, 4.69) is 36.9 Å². The average Bonchev–Trinajstić information content (AvgIpc) is 2.82. The molecule has 0 aliphatic heterocycles. The van der Waals surface area contributed by atoms with Crippen molar-refractivity contribution in [2.45, 2.75) is 26.2 Å². The molecular formula is C27H26ClN3O3. The lowest BCUT2D eigenvalue weighted by molar-refractivity contribution is -0.117. The van der Waals surface area contributed by atoms with Crippen molar-refractivity contribution in [2.75, 3.05) is 5.32 Å². The molecule has 174 valence electrons. The molecular weight excluding hydrogens is 450 g/mol. The summed E-state index contributed by atoms with van der Waals surface area (Å²) in [6.45, 7) is 6.34. The van der Waals surface area contributed by atoms with Gasteiger partial charge in [0.05, 0.1) is 0 Å². The number of nitrogens with one attached hydrogen (secondary N) is 3. The number of carbonyl (C=O) groups is 3. The first-order chi connectivity index (χ1) is 16.1. The molecule has 0 aliphatic carbocycles. The number of amides is 3. The molecule has 3 rings (SSSR count). The van der Waals surface area contributed by atoms with Crippen molar-refractivity contribution in [3.05, 3.63) is 106 Å². The summed E-state index contributed by atoms with van der Waals surface area (Å²) in [6, 6.07) is 20.8. The minimum absolute atomic E-state index is 0.0118. The zero-order chi connectivity index (χ0) is 24.7. The summed E-state index contributed by atoms with van der Waals surface area (Å²) in [6.07, 6.45) is 2.90. The van der Waals surface area contributed by atoms with Gasteiger partial charge >= 0.3 is 0 Å². The summed E-state index contributed by atoms with van der Waals surface area (Å²) < 4.78 is 0. The Morgan fingerprint density at radius 2 is 1.29 bits per heavy atom. The van der Waals surface area contributed by atoms with Gasteiger partial charge in [-0.3, -0.25) is 25.2 Å². The predicted octanol–water partition coefficient (Wildman–Crippen LogP) is 5.36. The van der Waals surface area contributed by atoms with Gasteiger partial charge < -0.3 is 5.32 Å². The second-order valence-electron chi connectivity index (χ2n) is 8.69. The molecule has 34 heavy (non-hydrogen) atoms. The fraction of sp³-hybridized carbons (Fsp3) is 0.148. The predicted molar refractivity (Wildman–Crippen MR) is 136 cm³/mol. The topological polar surface area (TPSA) is 87.3 Å².